The van der Waals surface area contributed by atoms with Gasteiger partial charge in [0.2, 0.25) is 0 Å². The summed E-state index contributed by atoms with van der Waals surface area (Å²) < 4.78 is 10.8. The first-order valence-corrected chi connectivity index (χ1v) is 5.59. The molecule has 0 bridgehead atoms. The maximum atomic E-state index is 11.8. The number of hydrogen-bond donors (Lipinski definition) is 1. The molecule has 0 radical (unpaired) electrons. The summed E-state index contributed by atoms with van der Waals surface area (Å²) in [6.45, 7) is 7.56. The minimum Gasteiger partial charge on any atom is -0.490 e. The number of nitrogens with two attached hydrogens (primary N) is 1. The zero-order valence-corrected chi connectivity index (χ0v) is 9.50. The first-order chi connectivity index (χ1) is 8.74. The van der Waals surface area contributed by atoms with Crippen LogP contribution in [0.5, 0.6) is 5.75 Å². The van der Waals surface area contributed by atoms with Gasteiger partial charge in [-0.05, 0) is 12.1 Å². The van der Waals surface area contributed by atoms with E-state index in [1.54, 1.807) is 23.1 Å². The fourth-order valence-corrected chi connectivity index (χ4v) is 2.29. The van der Waals surface area contributed by atoms with E-state index in [0.29, 0.717) is 23.7 Å². The van der Waals surface area contributed by atoms with Gasteiger partial charge in [0.05, 0.1) is 12.3 Å². The SMILES string of the molecule is [C-]#[N+]c1ccc2c(c1)OC[C@H]1[C@H](CN)OC(=O)N21. The summed E-state index contributed by atoms with van der Waals surface area (Å²) in [4.78, 5) is 16.7. The summed E-state index contributed by atoms with van der Waals surface area (Å²) >= 11 is 0. The average Bonchev–Trinajstić information content (AvgIpc) is 2.75. The Bertz CT molecular complexity index is 552. The standard InChI is InChI=1S/C12H11N3O3/c1-14-7-2-3-8-10(4-7)17-6-9-11(5-13)18-12(16)15(8)9/h2-4,9,11H,5-6,13H2/t9-,11-/m0/s1. The van der Waals surface area contributed by atoms with Crippen molar-refractivity contribution in [3.63, 3.8) is 0 Å². The van der Waals surface area contributed by atoms with E-state index in [2.05, 4.69) is 4.85 Å². The van der Waals surface area contributed by atoms with E-state index in [1.807, 2.05) is 0 Å². The molecular weight excluding hydrogens is 234 g/mol. The molecule has 18 heavy (non-hydrogen) atoms. The Hall–Kier alpha value is -2.26. The summed E-state index contributed by atoms with van der Waals surface area (Å²) in [5, 5.41) is 0. The van der Waals surface area contributed by atoms with Crippen LogP contribution in [0.25, 0.3) is 4.85 Å². The van der Waals surface area contributed by atoms with E-state index in [9.17, 15) is 4.79 Å². The predicted molar refractivity (Wildman–Crippen MR) is 63.8 cm³/mol. The Morgan fingerprint density at radius 2 is 2.39 bits per heavy atom. The van der Waals surface area contributed by atoms with Crippen LogP contribution < -0.4 is 15.4 Å². The molecule has 1 aromatic rings. The van der Waals surface area contributed by atoms with Crippen molar-refractivity contribution in [2.24, 2.45) is 5.73 Å². The van der Waals surface area contributed by atoms with Crippen LogP contribution in [0, 0.1) is 6.57 Å². The summed E-state index contributed by atoms with van der Waals surface area (Å²) in [6.07, 6.45) is -0.748. The molecule has 0 aliphatic carbocycles. The lowest BCUT2D eigenvalue weighted by molar-refractivity contribution is 0.126. The van der Waals surface area contributed by atoms with Crippen molar-refractivity contribution in [3.8, 4) is 5.75 Å². The van der Waals surface area contributed by atoms with Crippen molar-refractivity contribution in [2.45, 2.75) is 12.1 Å². The lowest BCUT2D eigenvalue weighted by Crippen LogP contribution is -2.46. The zero-order chi connectivity index (χ0) is 12.7. The molecule has 0 spiro atoms. The number of cyclic esters (lactones) is 1. The smallest absolute Gasteiger partial charge is 0.415 e. The van der Waals surface area contributed by atoms with Crippen molar-refractivity contribution < 1.29 is 14.3 Å². The second-order valence-corrected chi connectivity index (χ2v) is 4.17. The largest absolute Gasteiger partial charge is 0.490 e. The van der Waals surface area contributed by atoms with Crippen molar-refractivity contribution >= 4 is 17.5 Å². The van der Waals surface area contributed by atoms with Crippen molar-refractivity contribution in [2.75, 3.05) is 18.1 Å². The van der Waals surface area contributed by atoms with Crippen LogP contribution in [-0.4, -0.2) is 31.4 Å². The van der Waals surface area contributed by atoms with Gasteiger partial charge in [-0.3, -0.25) is 4.90 Å². The van der Waals surface area contributed by atoms with Gasteiger partial charge in [-0.25, -0.2) is 9.64 Å². The molecule has 2 N–H and O–H groups in total. The minimum atomic E-state index is -0.407. The molecule has 2 heterocycles. The molecule has 2 aliphatic heterocycles. The summed E-state index contributed by atoms with van der Waals surface area (Å²) in [5.41, 5.74) is 6.69. The van der Waals surface area contributed by atoms with Gasteiger partial charge in [0.15, 0.2) is 5.69 Å². The molecule has 6 heteroatoms. The lowest BCUT2D eigenvalue weighted by atomic mass is 10.1. The third-order valence-electron chi connectivity index (χ3n) is 3.18. The highest BCUT2D eigenvalue weighted by atomic mass is 16.6. The lowest BCUT2D eigenvalue weighted by Gasteiger charge is -2.31. The van der Waals surface area contributed by atoms with E-state index in [-0.39, 0.29) is 18.7 Å². The Morgan fingerprint density at radius 3 is 3.11 bits per heavy atom. The molecule has 1 amide bonds. The van der Waals surface area contributed by atoms with Crippen molar-refractivity contribution in [1.29, 1.82) is 0 Å². The molecule has 2 aliphatic rings. The number of rotatable bonds is 1. The number of fused-ring (bicyclic) bond motifs is 3. The second kappa shape index (κ2) is 3.89. The highest BCUT2D eigenvalue weighted by Crippen LogP contribution is 2.40. The van der Waals surface area contributed by atoms with Gasteiger partial charge in [0.1, 0.15) is 24.5 Å². The van der Waals surface area contributed by atoms with E-state index in [1.165, 1.54) is 0 Å². The fraction of sp³-hybridized carbons (Fsp3) is 0.333. The Kier molecular flexibility index (Phi) is 2.35. The van der Waals surface area contributed by atoms with Gasteiger partial charge in [-0.15, -0.1) is 0 Å². The number of carbonyl (C=O) groups is 1. The van der Waals surface area contributed by atoms with E-state index in [0.717, 1.165) is 0 Å². The molecule has 1 fully saturated rings. The monoisotopic (exact) mass is 245 g/mol. The normalized spacial score (nSPS) is 24.7. The Morgan fingerprint density at radius 1 is 1.56 bits per heavy atom. The van der Waals surface area contributed by atoms with Gasteiger partial charge in [0, 0.05) is 6.54 Å². The maximum absolute atomic E-state index is 11.8. The first-order valence-electron chi connectivity index (χ1n) is 5.59. The first kappa shape index (κ1) is 10.9. The van der Waals surface area contributed by atoms with Crippen LogP contribution in [-0.2, 0) is 4.74 Å². The number of hydrogen-bond acceptors (Lipinski definition) is 4. The second-order valence-electron chi connectivity index (χ2n) is 4.17. The molecule has 0 aromatic heterocycles. The molecule has 3 rings (SSSR count). The molecule has 0 saturated carbocycles. The molecule has 0 unspecified atom stereocenters. The third-order valence-corrected chi connectivity index (χ3v) is 3.18. The molecule has 1 aromatic carbocycles. The molecule has 6 nitrogen and oxygen atoms in total. The summed E-state index contributed by atoms with van der Waals surface area (Å²) in [7, 11) is 0. The number of benzene rings is 1. The van der Waals surface area contributed by atoms with Crippen LogP contribution in [0.3, 0.4) is 0 Å². The van der Waals surface area contributed by atoms with Crippen LogP contribution in [0.15, 0.2) is 18.2 Å². The number of nitrogens with zero attached hydrogens (tertiary/aromatic N) is 2. The molecule has 92 valence electrons. The van der Waals surface area contributed by atoms with Crippen LogP contribution in [0.1, 0.15) is 0 Å². The molecule has 1 saturated heterocycles. The fourth-order valence-electron chi connectivity index (χ4n) is 2.29. The third kappa shape index (κ3) is 1.41. The maximum Gasteiger partial charge on any atom is 0.415 e. The average molecular weight is 245 g/mol. The van der Waals surface area contributed by atoms with Crippen LogP contribution in [0.4, 0.5) is 16.2 Å². The topological polar surface area (TPSA) is 69.1 Å². The molecule has 2 atom stereocenters. The van der Waals surface area contributed by atoms with E-state index >= 15 is 0 Å². The Balaban J connectivity index is 2.03. The predicted octanol–water partition coefficient (Wildman–Crippen LogP) is 1.28. The van der Waals surface area contributed by atoms with Gasteiger partial charge in [0.25, 0.3) is 0 Å². The summed E-state index contributed by atoms with van der Waals surface area (Å²) in [6, 6.07) is 4.80. The van der Waals surface area contributed by atoms with Gasteiger partial charge in [-0.2, -0.15) is 0 Å². The highest BCUT2D eigenvalue weighted by Gasteiger charge is 2.45. The number of carbonyl (C=O) groups excluding carboxylic acids is 1. The number of ether oxygens (including phenoxy) is 2. The highest BCUT2D eigenvalue weighted by molar-refractivity contribution is 5.93. The number of anilines is 1. The van der Waals surface area contributed by atoms with Gasteiger partial charge in [-0.1, -0.05) is 6.07 Å². The van der Waals surface area contributed by atoms with Crippen molar-refractivity contribution in [3.05, 3.63) is 29.6 Å². The van der Waals surface area contributed by atoms with Gasteiger partial charge < -0.3 is 15.2 Å². The summed E-state index contributed by atoms with van der Waals surface area (Å²) in [5.74, 6) is 0.536. The van der Waals surface area contributed by atoms with Crippen molar-refractivity contribution in [1.82, 2.24) is 0 Å². The van der Waals surface area contributed by atoms with Crippen LogP contribution in [0.2, 0.25) is 0 Å². The number of amides is 1. The zero-order valence-electron chi connectivity index (χ0n) is 9.50. The molecular formula is C12H11N3O3. The van der Waals surface area contributed by atoms with Gasteiger partial charge >= 0.3 is 6.09 Å². The van der Waals surface area contributed by atoms with Crippen LogP contribution >= 0.6 is 0 Å². The van der Waals surface area contributed by atoms with E-state index in [4.69, 9.17) is 21.8 Å². The minimum absolute atomic E-state index is 0.186. The van der Waals surface area contributed by atoms with E-state index < -0.39 is 6.09 Å². The Labute approximate surface area is 104 Å². The quantitative estimate of drug-likeness (QED) is 0.757.